The van der Waals surface area contributed by atoms with Gasteiger partial charge in [0, 0.05) is 23.6 Å². The van der Waals surface area contributed by atoms with E-state index >= 15 is 0 Å². The molecule has 0 spiro atoms. The Morgan fingerprint density at radius 3 is 2.64 bits per heavy atom. The van der Waals surface area contributed by atoms with Crippen molar-refractivity contribution in [2.24, 2.45) is 0 Å². The molecule has 0 atom stereocenters. The molecule has 1 aromatic carbocycles. The molecule has 28 heavy (non-hydrogen) atoms. The first kappa shape index (κ1) is 18.7. The number of aromatic nitrogens is 1. The van der Waals surface area contributed by atoms with E-state index in [1.807, 2.05) is 6.92 Å². The summed E-state index contributed by atoms with van der Waals surface area (Å²) >= 11 is 5.61. The van der Waals surface area contributed by atoms with Crippen molar-refractivity contribution in [2.45, 2.75) is 43.7 Å². The van der Waals surface area contributed by atoms with Gasteiger partial charge in [-0.25, -0.2) is 9.37 Å². The molecule has 3 fully saturated rings. The quantitative estimate of drug-likeness (QED) is 0.736. The fourth-order valence-corrected chi connectivity index (χ4v) is 4.10. The van der Waals surface area contributed by atoms with E-state index in [0.717, 1.165) is 6.07 Å². The van der Waals surface area contributed by atoms with Gasteiger partial charge in [0.05, 0.1) is 5.02 Å². The number of hydrogen-bond acceptors (Lipinski definition) is 5. The van der Waals surface area contributed by atoms with Crippen LogP contribution in [-0.4, -0.2) is 34.5 Å². The number of halogens is 2. The van der Waals surface area contributed by atoms with Crippen LogP contribution >= 0.6 is 11.6 Å². The van der Waals surface area contributed by atoms with Crippen molar-refractivity contribution in [2.75, 3.05) is 6.61 Å². The molecular weight excluding hydrogens is 389 g/mol. The summed E-state index contributed by atoms with van der Waals surface area (Å²) in [6, 6.07) is 4.00. The Kier molecular flexibility index (Phi) is 4.53. The van der Waals surface area contributed by atoms with Crippen molar-refractivity contribution in [1.82, 2.24) is 15.6 Å². The maximum absolute atomic E-state index is 13.4. The van der Waals surface area contributed by atoms with Gasteiger partial charge >= 0.3 is 0 Å². The SMILES string of the molecule is CCc1nc(C(=O)NC23CC(NC(=O)COc4ccc(Cl)c(F)c4)(C2)C3)co1. The van der Waals surface area contributed by atoms with E-state index in [1.165, 1.54) is 18.4 Å². The highest BCUT2D eigenvalue weighted by Gasteiger charge is 2.69. The van der Waals surface area contributed by atoms with Crippen molar-refractivity contribution in [3.63, 3.8) is 0 Å². The van der Waals surface area contributed by atoms with Crippen molar-refractivity contribution >= 4 is 23.4 Å². The molecule has 5 rings (SSSR count). The summed E-state index contributed by atoms with van der Waals surface area (Å²) in [7, 11) is 0. The summed E-state index contributed by atoms with van der Waals surface area (Å²) in [4.78, 5) is 28.5. The predicted molar refractivity (Wildman–Crippen MR) is 97.7 cm³/mol. The number of ether oxygens (including phenoxy) is 1. The van der Waals surface area contributed by atoms with Crippen LogP contribution in [0.3, 0.4) is 0 Å². The Balaban J connectivity index is 1.23. The number of amides is 2. The van der Waals surface area contributed by atoms with Gasteiger partial charge in [0.1, 0.15) is 17.8 Å². The number of oxazole rings is 1. The minimum Gasteiger partial charge on any atom is -0.484 e. The smallest absolute Gasteiger partial charge is 0.273 e. The number of aryl methyl sites for hydroxylation is 1. The van der Waals surface area contributed by atoms with Crippen molar-refractivity contribution in [1.29, 1.82) is 0 Å². The van der Waals surface area contributed by atoms with E-state index in [1.54, 1.807) is 0 Å². The van der Waals surface area contributed by atoms with Crippen LogP contribution in [0, 0.1) is 5.82 Å². The molecule has 0 radical (unpaired) electrons. The number of carbonyl (C=O) groups is 2. The summed E-state index contributed by atoms with van der Waals surface area (Å²) in [5.41, 5.74) is -0.337. The lowest BCUT2D eigenvalue weighted by molar-refractivity contribution is -0.141. The summed E-state index contributed by atoms with van der Waals surface area (Å²) < 4.78 is 23.9. The zero-order chi connectivity index (χ0) is 19.9. The molecule has 1 aromatic heterocycles. The second-order valence-electron chi connectivity index (χ2n) is 7.44. The highest BCUT2D eigenvalue weighted by Crippen LogP contribution is 2.60. The number of benzene rings is 1. The Bertz CT molecular complexity index is 925. The normalized spacial score (nSPS) is 24.7. The second kappa shape index (κ2) is 6.77. The number of nitrogens with one attached hydrogen (secondary N) is 2. The standard InChI is InChI=1S/C19H19ClFN3O4/c1-2-16-22-14(6-28-16)17(26)24-19-8-18(9-19,10-19)23-15(25)7-27-11-3-4-12(20)13(21)5-11/h3-6H,2,7-10H2,1H3,(H,23,25)(H,24,26). The first-order valence-electron chi connectivity index (χ1n) is 8.98. The molecule has 2 aromatic rings. The molecule has 2 bridgehead atoms. The van der Waals surface area contributed by atoms with Crippen LogP contribution in [0.15, 0.2) is 28.9 Å². The first-order chi connectivity index (χ1) is 13.3. The van der Waals surface area contributed by atoms with Gasteiger partial charge in [0.25, 0.3) is 11.8 Å². The van der Waals surface area contributed by atoms with E-state index in [0.29, 0.717) is 31.6 Å². The molecule has 3 aliphatic rings. The first-order valence-corrected chi connectivity index (χ1v) is 9.36. The third-order valence-electron chi connectivity index (χ3n) is 5.16. The van der Waals surface area contributed by atoms with Gasteiger partial charge in [0.15, 0.2) is 18.2 Å². The van der Waals surface area contributed by atoms with E-state index in [2.05, 4.69) is 15.6 Å². The molecule has 0 saturated heterocycles. The van der Waals surface area contributed by atoms with Crippen LogP contribution in [0.1, 0.15) is 42.6 Å². The van der Waals surface area contributed by atoms with E-state index in [4.69, 9.17) is 20.8 Å². The average molecular weight is 408 g/mol. The zero-order valence-corrected chi connectivity index (χ0v) is 15.9. The number of hydrogen-bond donors (Lipinski definition) is 2. The van der Waals surface area contributed by atoms with Crippen LogP contribution in [0.25, 0.3) is 0 Å². The van der Waals surface area contributed by atoms with Crippen LogP contribution in [0.2, 0.25) is 5.02 Å². The molecule has 3 saturated carbocycles. The van der Waals surface area contributed by atoms with Crippen molar-refractivity contribution in [3.8, 4) is 5.75 Å². The number of rotatable bonds is 7. The van der Waals surface area contributed by atoms with Crippen LogP contribution in [-0.2, 0) is 11.2 Å². The van der Waals surface area contributed by atoms with Gasteiger partial charge in [-0.3, -0.25) is 9.59 Å². The third-order valence-corrected chi connectivity index (χ3v) is 5.47. The lowest BCUT2D eigenvalue weighted by atomic mass is 9.44. The molecule has 9 heteroatoms. The monoisotopic (exact) mass is 407 g/mol. The average Bonchev–Trinajstić information content (AvgIpc) is 3.09. The Labute approximate surface area is 165 Å². The summed E-state index contributed by atoms with van der Waals surface area (Å²) in [6.45, 7) is 1.68. The Hall–Kier alpha value is -2.61. The lowest BCUT2D eigenvalue weighted by Gasteiger charge is -2.70. The highest BCUT2D eigenvalue weighted by molar-refractivity contribution is 6.30. The molecule has 2 N–H and O–H groups in total. The zero-order valence-electron chi connectivity index (χ0n) is 15.2. The Morgan fingerprint density at radius 1 is 1.29 bits per heavy atom. The minimum atomic E-state index is -0.602. The topological polar surface area (TPSA) is 93.5 Å². The van der Waals surface area contributed by atoms with Crippen molar-refractivity contribution in [3.05, 3.63) is 46.9 Å². The molecular formula is C19H19ClFN3O4. The fourth-order valence-electron chi connectivity index (χ4n) is 3.98. The van der Waals surface area contributed by atoms with Crippen LogP contribution in [0.5, 0.6) is 5.75 Å². The molecule has 3 aliphatic carbocycles. The number of nitrogens with zero attached hydrogens (tertiary/aromatic N) is 1. The minimum absolute atomic E-state index is 0.00504. The van der Waals surface area contributed by atoms with Gasteiger partial charge in [-0.2, -0.15) is 0 Å². The van der Waals surface area contributed by atoms with Gasteiger partial charge in [0.2, 0.25) is 0 Å². The lowest BCUT2D eigenvalue weighted by Crippen LogP contribution is -2.84. The number of carbonyl (C=O) groups excluding carboxylic acids is 2. The predicted octanol–water partition coefficient (Wildman–Crippen LogP) is 2.63. The largest absolute Gasteiger partial charge is 0.484 e. The summed E-state index contributed by atoms with van der Waals surface area (Å²) in [6.07, 6.45) is 3.95. The Morgan fingerprint density at radius 2 is 2.00 bits per heavy atom. The molecule has 148 valence electrons. The molecule has 0 unspecified atom stereocenters. The highest BCUT2D eigenvalue weighted by atomic mass is 35.5. The van der Waals surface area contributed by atoms with Gasteiger partial charge < -0.3 is 19.8 Å². The molecule has 2 amide bonds. The van der Waals surface area contributed by atoms with Gasteiger partial charge in [-0.1, -0.05) is 18.5 Å². The van der Waals surface area contributed by atoms with E-state index in [-0.39, 0.29) is 46.0 Å². The van der Waals surface area contributed by atoms with E-state index in [9.17, 15) is 14.0 Å². The van der Waals surface area contributed by atoms with Crippen LogP contribution in [0.4, 0.5) is 4.39 Å². The third kappa shape index (κ3) is 3.44. The maximum Gasteiger partial charge on any atom is 0.273 e. The molecule has 0 aliphatic heterocycles. The fraction of sp³-hybridized carbons (Fsp3) is 0.421. The van der Waals surface area contributed by atoms with E-state index < -0.39 is 5.82 Å². The van der Waals surface area contributed by atoms with Crippen molar-refractivity contribution < 1.29 is 23.1 Å². The molecule has 1 heterocycles. The maximum atomic E-state index is 13.4. The summed E-state index contributed by atoms with van der Waals surface area (Å²) in [5, 5.41) is 5.91. The van der Waals surface area contributed by atoms with Gasteiger partial charge in [-0.05, 0) is 31.4 Å². The van der Waals surface area contributed by atoms with Crippen LogP contribution < -0.4 is 15.4 Å². The van der Waals surface area contributed by atoms with Gasteiger partial charge in [-0.15, -0.1) is 0 Å². The molecule has 7 nitrogen and oxygen atoms in total. The summed E-state index contributed by atoms with van der Waals surface area (Å²) in [5.74, 6) is -0.408. The second-order valence-corrected chi connectivity index (χ2v) is 7.85.